The summed E-state index contributed by atoms with van der Waals surface area (Å²) in [7, 11) is 1.55. The van der Waals surface area contributed by atoms with Gasteiger partial charge in [-0.3, -0.25) is 4.79 Å². The number of imidazole rings is 1. The molecule has 5 aromatic rings. The Morgan fingerprint density at radius 2 is 1.88 bits per heavy atom. The van der Waals surface area contributed by atoms with Gasteiger partial charge < -0.3 is 14.6 Å². The number of ether oxygens (including phenoxy) is 2. The summed E-state index contributed by atoms with van der Waals surface area (Å²) >= 11 is 1.34. The fourth-order valence-corrected chi connectivity index (χ4v) is 4.55. The smallest absolute Gasteiger partial charge is 0.335 e. The molecular weight excluding hydrogens is 440 g/mol. The molecule has 0 fully saturated rings. The summed E-state index contributed by atoms with van der Waals surface area (Å²) in [6, 6.07) is 19.5. The van der Waals surface area contributed by atoms with E-state index >= 15 is 0 Å². The number of aromatic carboxylic acids is 1. The quantitative estimate of drug-likeness (QED) is 0.417. The van der Waals surface area contributed by atoms with E-state index in [1.807, 2.05) is 42.5 Å². The Kier molecular flexibility index (Phi) is 5.27. The highest BCUT2D eigenvalue weighted by Crippen LogP contribution is 2.29. The van der Waals surface area contributed by atoms with Crippen LogP contribution >= 0.6 is 11.3 Å². The van der Waals surface area contributed by atoms with Crippen molar-refractivity contribution in [1.82, 2.24) is 9.38 Å². The molecule has 0 radical (unpaired) electrons. The molecule has 2 heterocycles. The van der Waals surface area contributed by atoms with Crippen LogP contribution < -0.4 is 19.6 Å². The van der Waals surface area contributed by atoms with Crippen LogP contribution in [0.1, 0.15) is 21.5 Å². The second-order valence-corrected chi connectivity index (χ2v) is 8.34. The van der Waals surface area contributed by atoms with Crippen LogP contribution in [0.15, 0.2) is 71.5 Å². The summed E-state index contributed by atoms with van der Waals surface area (Å²) < 4.78 is 13.6. The number of hydrogen-bond donors (Lipinski definition) is 1. The van der Waals surface area contributed by atoms with Crippen LogP contribution in [0.5, 0.6) is 11.5 Å². The normalized spacial score (nSPS) is 11.8. The average molecular weight is 458 g/mol. The van der Waals surface area contributed by atoms with Crippen molar-refractivity contribution in [2.75, 3.05) is 7.11 Å². The van der Waals surface area contributed by atoms with Crippen molar-refractivity contribution in [1.29, 1.82) is 0 Å². The van der Waals surface area contributed by atoms with E-state index in [1.54, 1.807) is 29.7 Å². The number of benzene rings is 3. The maximum Gasteiger partial charge on any atom is 0.335 e. The van der Waals surface area contributed by atoms with Gasteiger partial charge in [-0.25, -0.2) is 14.2 Å². The Hall–Kier alpha value is -4.17. The Morgan fingerprint density at radius 3 is 2.64 bits per heavy atom. The number of hydrogen-bond acceptors (Lipinski definition) is 6. The summed E-state index contributed by atoms with van der Waals surface area (Å²) in [5.41, 5.74) is 3.36. The molecule has 2 aromatic heterocycles. The molecular formula is C25H18N2O5S. The van der Waals surface area contributed by atoms with Crippen molar-refractivity contribution in [2.24, 2.45) is 0 Å². The first-order valence-electron chi connectivity index (χ1n) is 10.1. The van der Waals surface area contributed by atoms with Crippen LogP contribution in [0.2, 0.25) is 0 Å². The highest BCUT2D eigenvalue weighted by Gasteiger charge is 2.11. The number of nitrogens with zero attached hydrogens (tertiary/aromatic N) is 2. The standard InChI is InChI=1S/C25H18N2O5S/c1-31-21-12-16(8-11-20(21)32-14-15-6-9-17(10-7-15)24(29)30)13-22-23(28)27-19-5-3-2-4-18(19)26-25(27)33-22/h2-13H,14H2,1H3,(H,29,30)/b22-13-. The molecule has 0 bridgehead atoms. The molecule has 33 heavy (non-hydrogen) atoms. The second kappa shape index (κ2) is 8.40. The molecule has 3 aromatic carbocycles. The van der Waals surface area contributed by atoms with Crippen LogP contribution in [0.25, 0.3) is 22.1 Å². The van der Waals surface area contributed by atoms with E-state index < -0.39 is 5.97 Å². The number of fused-ring (bicyclic) bond motifs is 3. The number of thiazole rings is 1. The molecule has 7 nitrogen and oxygen atoms in total. The predicted molar refractivity (Wildman–Crippen MR) is 126 cm³/mol. The first kappa shape index (κ1) is 20.7. The number of carbonyl (C=O) groups is 1. The fourth-order valence-electron chi connectivity index (χ4n) is 3.56. The minimum Gasteiger partial charge on any atom is -0.493 e. The molecule has 0 aliphatic rings. The molecule has 8 heteroatoms. The third-order valence-electron chi connectivity index (χ3n) is 5.23. The molecule has 0 unspecified atom stereocenters. The van der Waals surface area contributed by atoms with Crippen molar-refractivity contribution in [3.8, 4) is 11.5 Å². The maximum atomic E-state index is 13.0. The van der Waals surface area contributed by atoms with Gasteiger partial charge >= 0.3 is 5.97 Å². The van der Waals surface area contributed by atoms with Crippen molar-refractivity contribution < 1.29 is 19.4 Å². The molecule has 164 valence electrons. The maximum absolute atomic E-state index is 13.0. The van der Waals surface area contributed by atoms with Gasteiger partial charge in [0.15, 0.2) is 16.5 Å². The van der Waals surface area contributed by atoms with Gasteiger partial charge in [-0.05, 0) is 53.6 Å². The van der Waals surface area contributed by atoms with Crippen LogP contribution in [-0.4, -0.2) is 27.6 Å². The lowest BCUT2D eigenvalue weighted by Crippen LogP contribution is -2.22. The van der Waals surface area contributed by atoms with Gasteiger partial charge in [0.05, 0.1) is 28.2 Å². The lowest BCUT2D eigenvalue weighted by Gasteiger charge is -2.11. The van der Waals surface area contributed by atoms with Crippen molar-refractivity contribution >= 4 is 39.4 Å². The SMILES string of the molecule is COc1cc(/C=c2\sc3nc4ccccc4n3c2=O)ccc1OCc1ccc(C(=O)O)cc1. The van der Waals surface area contributed by atoms with Gasteiger partial charge in [0.2, 0.25) is 0 Å². The van der Waals surface area contributed by atoms with Crippen LogP contribution in [0, 0.1) is 0 Å². The summed E-state index contributed by atoms with van der Waals surface area (Å²) in [5.74, 6) is 0.112. The first-order valence-corrected chi connectivity index (χ1v) is 10.9. The van der Waals surface area contributed by atoms with E-state index in [4.69, 9.17) is 14.6 Å². The third kappa shape index (κ3) is 3.92. The van der Waals surface area contributed by atoms with Gasteiger partial charge in [-0.2, -0.15) is 0 Å². The average Bonchev–Trinajstić information content (AvgIpc) is 3.34. The topological polar surface area (TPSA) is 90.1 Å². The van der Waals surface area contributed by atoms with Gasteiger partial charge in [0.25, 0.3) is 5.56 Å². The van der Waals surface area contributed by atoms with E-state index in [-0.39, 0.29) is 17.7 Å². The summed E-state index contributed by atoms with van der Waals surface area (Å²) in [4.78, 5) is 29.1. The zero-order valence-electron chi connectivity index (χ0n) is 17.5. The largest absolute Gasteiger partial charge is 0.493 e. The van der Waals surface area contributed by atoms with Crippen LogP contribution in [0.3, 0.4) is 0 Å². The Labute approximate surface area is 191 Å². The van der Waals surface area contributed by atoms with Crippen molar-refractivity contribution in [3.63, 3.8) is 0 Å². The minimum absolute atomic E-state index is 0.104. The van der Waals surface area contributed by atoms with Crippen molar-refractivity contribution in [3.05, 3.63) is 98.3 Å². The minimum atomic E-state index is -0.968. The number of carboxylic acids is 1. The molecule has 1 N–H and O–H groups in total. The molecule has 0 saturated heterocycles. The van der Waals surface area contributed by atoms with Gasteiger partial charge in [0, 0.05) is 0 Å². The zero-order valence-corrected chi connectivity index (χ0v) is 18.3. The molecule has 0 aliphatic carbocycles. The summed E-state index contributed by atoms with van der Waals surface area (Å²) in [5, 5.41) is 9.00. The highest BCUT2D eigenvalue weighted by molar-refractivity contribution is 7.15. The van der Waals surface area contributed by atoms with E-state index in [1.165, 1.54) is 23.5 Å². The molecule has 0 saturated carbocycles. The lowest BCUT2D eigenvalue weighted by atomic mass is 10.1. The first-order chi connectivity index (χ1) is 16.0. The monoisotopic (exact) mass is 458 g/mol. The summed E-state index contributed by atoms with van der Waals surface area (Å²) in [6.45, 7) is 0.263. The number of rotatable bonds is 6. The van der Waals surface area contributed by atoms with Gasteiger partial charge in [0.1, 0.15) is 6.61 Å². The van der Waals surface area contributed by atoms with E-state index in [0.717, 1.165) is 22.2 Å². The molecule has 0 aliphatic heterocycles. The molecule has 0 spiro atoms. The molecule has 0 amide bonds. The highest BCUT2D eigenvalue weighted by atomic mass is 32.1. The Morgan fingerprint density at radius 1 is 1.09 bits per heavy atom. The predicted octanol–water partition coefficient (Wildman–Crippen LogP) is 3.74. The molecule has 0 atom stereocenters. The van der Waals surface area contributed by atoms with Crippen LogP contribution in [-0.2, 0) is 6.61 Å². The molecule has 5 rings (SSSR count). The Balaban J connectivity index is 1.42. The van der Waals surface area contributed by atoms with E-state index in [0.29, 0.717) is 21.0 Å². The number of aromatic nitrogens is 2. The van der Waals surface area contributed by atoms with Gasteiger partial charge in [-0.15, -0.1) is 0 Å². The number of methoxy groups -OCH3 is 1. The number of carboxylic acid groups (broad SMARTS) is 1. The second-order valence-electron chi connectivity index (χ2n) is 7.34. The van der Waals surface area contributed by atoms with Crippen LogP contribution in [0.4, 0.5) is 0 Å². The lowest BCUT2D eigenvalue weighted by molar-refractivity contribution is 0.0697. The fraction of sp³-hybridized carbons (Fsp3) is 0.0800. The number of para-hydroxylation sites is 2. The van der Waals surface area contributed by atoms with Gasteiger partial charge in [-0.1, -0.05) is 41.7 Å². The zero-order chi connectivity index (χ0) is 22.9. The Bertz CT molecular complexity index is 1600. The van der Waals surface area contributed by atoms with E-state index in [2.05, 4.69) is 4.98 Å². The van der Waals surface area contributed by atoms with Crippen molar-refractivity contribution in [2.45, 2.75) is 6.61 Å². The third-order valence-corrected chi connectivity index (χ3v) is 6.19. The summed E-state index contributed by atoms with van der Waals surface area (Å²) in [6.07, 6.45) is 1.81. The van der Waals surface area contributed by atoms with E-state index in [9.17, 15) is 9.59 Å².